The monoisotopic (exact) mass is 356 g/mol. The molecule has 1 fully saturated rings. The van der Waals surface area contributed by atoms with E-state index < -0.39 is 5.60 Å². The number of anilines is 1. The van der Waals surface area contributed by atoms with E-state index >= 15 is 0 Å². The van der Waals surface area contributed by atoms with Crippen molar-refractivity contribution in [2.45, 2.75) is 32.8 Å². The maximum absolute atomic E-state index is 12.0. The highest BCUT2D eigenvalue weighted by molar-refractivity contribution is 7.10. The van der Waals surface area contributed by atoms with Gasteiger partial charge in [0.05, 0.1) is 0 Å². The third-order valence-corrected chi connectivity index (χ3v) is 4.84. The zero-order valence-electron chi connectivity index (χ0n) is 13.8. The van der Waals surface area contributed by atoms with Crippen LogP contribution in [0.25, 0.3) is 0 Å². The molecule has 1 unspecified atom stereocenters. The number of aromatic nitrogens is 1. The average Bonchev–Trinajstić information content (AvgIpc) is 3.03. The molecule has 2 heterocycles. The highest BCUT2D eigenvalue weighted by Crippen LogP contribution is 2.34. The molecule has 0 bridgehead atoms. The van der Waals surface area contributed by atoms with Gasteiger partial charge in [0.25, 0.3) is 0 Å². The number of amides is 1. The summed E-state index contributed by atoms with van der Waals surface area (Å²) in [5.74, 6) is 0.333. The number of nitriles is 1. The molecule has 0 radical (unpaired) electrons. The Morgan fingerprint density at radius 3 is 2.91 bits per heavy atom. The molecule has 1 aliphatic heterocycles. The van der Waals surface area contributed by atoms with Crippen LogP contribution in [0.3, 0.4) is 0 Å². The van der Waals surface area contributed by atoms with Crippen LogP contribution in [-0.4, -0.2) is 47.6 Å². The summed E-state index contributed by atoms with van der Waals surface area (Å²) < 4.78 is 9.41. The molecular weight excluding hydrogens is 336 g/mol. The van der Waals surface area contributed by atoms with Crippen LogP contribution in [0.1, 0.15) is 32.8 Å². The van der Waals surface area contributed by atoms with E-state index in [-0.39, 0.29) is 11.2 Å². The number of hydrogen-bond donors (Lipinski definition) is 0. The summed E-state index contributed by atoms with van der Waals surface area (Å²) in [4.78, 5) is 15.8. The molecular formula is C15H21ClN4O2S. The second kappa shape index (κ2) is 6.93. The fourth-order valence-electron chi connectivity index (χ4n) is 2.54. The van der Waals surface area contributed by atoms with E-state index in [9.17, 15) is 10.1 Å². The van der Waals surface area contributed by atoms with Crippen LogP contribution >= 0.6 is 23.1 Å². The van der Waals surface area contributed by atoms with Crippen molar-refractivity contribution in [2.75, 3.05) is 31.6 Å². The Morgan fingerprint density at radius 1 is 1.61 bits per heavy atom. The van der Waals surface area contributed by atoms with Crippen LogP contribution < -0.4 is 4.90 Å². The molecule has 0 aliphatic carbocycles. The van der Waals surface area contributed by atoms with E-state index in [1.54, 1.807) is 11.9 Å². The van der Waals surface area contributed by atoms with Gasteiger partial charge in [-0.2, -0.15) is 9.64 Å². The number of rotatable bonds is 3. The first-order chi connectivity index (χ1) is 10.7. The third-order valence-electron chi connectivity index (χ3n) is 3.55. The van der Waals surface area contributed by atoms with E-state index in [1.807, 2.05) is 20.8 Å². The lowest BCUT2D eigenvalue weighted by Gasteiger charge is -2.26. The van der Waals surface area contributed by atoms with Crippen LogP contribution in [0, 0.1) is 17.2 Å². The first kappa shape index (κ1) is 17.8. The highest BCUT2D eigenvalue weighted by Gasteiger charge is 2.29. The lowest BCUT2D eigenvalue weighted by Crippen LogP contribution is -2.37. The van der Waals surface area contributed by atoms with Gasteiger partial charge in [-0.1, -0.05) is 11.6 Å². The number of carbonyl (C=O) groups excluding carboxylic acids is 1. The summed E-state index contributed by atoms with van der Waals surface area (Å²) in [7, 11) is 1.75. The van der Waals surface area contributed by atoms with Gasteiger partial charge in [-0.05, 0) is 44.6 Å². The van der Waals surface area contributed by atoms with Gasteiger partial charge in [-0.25, -0.2) is 4.79 Å². The summed E-state index contributed by atoms with van der Waals surface area (Å²) in [6, 6.07) is 2.11. The Morgan fingerprint density at radius 2 is 2.30 bits per heavy atom. The molecule has 0 aromatic carbocycles. The summed E-state index contributed by atoms with van der Waals surface area (Å²) in [6.07, 6.45) is 0.641. The van der Waals surface area contributed by atoms with Crippen molar-refractivity contribution in [2.24, 2.45) is 5.92 Å². The molecule has 0 N–H and O–H groups in total. The van der Waals surface area contributed by atoms with Gasteiger partial charge < -0.3 is 14.5 Å². The Labute approximate surface area is 145 Å². The number of carbonyl (C=O) groups is 1. The third kappa shape index (κ3) is 4.49. The van der Waals surface area contributed by atoms with Crippen LogP contribution in [-0.2, 0) is 4.74 Å². The fourth-order valence-corrected chi connectivity index (χ4v) is 3.60. The predicted octanol–water partition coefficient (Wildman–Crippen LogP) is 3.36. The van der Waals surface area contributed by atoms with Crippen LogP contribution in [0.4, 0.5) is 9.80 Å². The molecule has 1 aromatic heterocycles. The van der Waals surface area contributed by atoms with Gasteiger partial charge in [-0.15, -0.1) is 0 Å². The van der Waals surface area contributed by atoms with Crippen molar-refractivity contribution in [1.82, 2.24) is 9.27 Å². The Kier molecular flexibility index (Phi) is 5.37. The summed E-state index contributed by atoms with van der Waals surface area (Å²) in [6.45, 7) is 7.80. The molecule has 0 spiro atoms. The van der Waals surface area contributed by atoms with E-state index in [0.29, 0.717) is 18.0 Å². The molecule has 1 amide bonds. The van der Waals surface area contributed by atoms with Gasteiger partial charge in [0, 0.05) is 26.7 Å². The normalized spacial score (nSPS) is 17.9. The second-order valence-electron chi connectivity index (χ2n) is 6.73. The maximum Gasteiger partial charge on any atom is 0.410 e. The smallest absolute Gasteiger partial charge is 0.410 e. The molecule has 2 rings (SSSR count). The molecule has 1 saturated heterocycles. The highest BCUT2D eigenvalue weighted by atomic mass is 35.5. The minimum absolute atomic E-state index is 0.266. The van der Waals surface area contributed by atoms with E-state index in [1.165, 1.54) is 11.5 Å². The van der Waals surface area contributed by atoms with E-state index in [2.05, 4.69) is 15.3 Å². The molecule has 1 aromatic rings. The molecule has 1 atom stereocenters. The largest absolute Gasteiger partial charge is 0.444 e. The number of nitrogens with zero attached hydrogens (tertiary/aromatic N) is 4. The van der Waals surface area contributed by atoms with Crippen molar-refractivity contribution in [1.29, 1.82) is 5.26 Å². The van der Waals surface area contributed by atoms with E-state index in [0.717, 1.165) is 24.5 Å². The van der Waals surface area contributed by atoms with Gasteiger partial charge in [0.2, 0.25) is 0 Å². The topological polar surface area (TPSA) is 69.5 Å². The van der Waals surface area contributed by atoms with Crippen molar-refractivity contribution >= 4 is 34.2 Å². The molecule has 0 saturated carbocycles. The molecule has 6 nitrogen and oxygen atoms in total. The quantitative estimate of drug-likeness (QED) is 0.830. The van der Waals surface area contributed by atoms with Gasteiger partial charge >= 0.3 is 6.09 Å². The molecule has 8 heteroatoms. The molecule has 23 heavy (non-hydrogen) atoms. The van der Waals surface area contributed by atoms with Crippen LogP contribution in [0.15, 0.2) is 0 Å². The zero-order chi connectivity index (χ0) is 17.2. The van der Waals surface area contributed by atoms with Crippen molar-refractivity contribution in [3.63, 3.8) is 0 Å². The molecule has 126 valence electrons. The lowest BCUT2D eigenvalue weighted by molar-refractivity contribution is 0.0277. The first-order valence-electron chi connectivity index (χ1n) is 7.45. The molecule has 1 aliphatic rings. The zero-order valence-corrected chi connectivity index (χ0v) is 15.4. The summed E-state index contributed by atoms with van der Waals surface area (Å²) in [5, 5.41) is 10.3. The Bertz CT molecular complexity index is 620. The lowest BCUT2D eigenvalue weighted by atomic mass is 10.1. The van der Waals surface area contributed by atoms with Crippen molar-refractivity contribution in [3.8, 4) is 6.07 Å². The first-order valence-corrected chi connectivity index (χ1v) is 8.60. The standard InChI is InChI=1S/C15H21ClN4O2S/c1-15(2,3)22-14(21)19(4)8-10-5-6-20(9-10)13-11(7-17)12(16)18-23-13/h10H,5-6,8-9H2,1-4H3. The average molecular weight is 357 g/mol. The summed E-state index contributed by atoms with van der Waals surface area (Å²) >= 11 is 7.18. The Balaban J connectivity index is 1.93. The van der Waals surface area contributed by atoms with Crippen molar-refractivity contribution in [3.05, 3.63) is 10.7 Å². The summed E-state index contributed by atoms with van der Waals surface area (Å²) in [5.41, 5.74) is -0.0495. The number of ether oxygens (including phenoxy) is 1. The van der Waals surface area contributed by atoms with Gasteiger partial charge in [0.1, 0.15) is 22.2 Å². The number of halogens is 1. The van der Waals surface area contributed by atoms with Crippen LogP contribution in [0.2, 0.25) is 5.15 Å². The fraction of sp³-hybridized carbons (Fsp3) is 0.667. The van der Waals surface area contributed by atoms with Crippen LogP contribution in [0.5, 0.6) is 0 Å². The minimum atomic E-state index is -0.492. The van der Waals surface area contributed by atoms with Gasteiger partial charge in [0.15, 0.2) is 5.15 Å². The SMILES string of the molecule is CN(CC1CCN(c2snc(Cl)c2C#N)C1)C(=O)OC(C)(C)C. The van der Waals surface area contributed by atoms with E-state index in [4.69, 9.17) is 16.3 Å². The van der Waals surface area contributed by atoms with Crippen molar-refractivity contribution < 1.29 is 9.53 Å². The number of hydrogen-bond acceptors (Lipinski definition) is 6. The Hall–Kier alpha value is -1.52. The predicted molar refractivity (Wildman–Crippen MR) is 91.0 cm³/mol. The second-order valence-corrected chi connectivity index (χ2v) is 7.84. The maximum atomic E-state index is 12.0. The van der Waals surface area contributed by atoms with Gasteiger partial charge in [-0.3, -0.25) is 0 Å². The minimum Gasteiger partial charge on any atom is -0.444 e.